The van der Waals surface area contributed by atoms with E-state index in [-0.39, 0.29) is 12.2 Å². The molecule has 3 aliphatic heterocycles. The molecule has 1 saturated heterocycles. The van der Waals surface area contributed by atoms with E-state index in [0.29, 0.717) is 74.5 Å². The van der Waals surface area contributed by atoms with Crippen molar-refractivity contribution in [3.05, 3.63) is 53.6 Å². The predicted molar refractivity (Wildman–Crippen MR) is 111 cm³/mol. The lowest BCUT2D eigenvalue weighted by molar-refractivity contribution is -0.136. The van der Waals surface area contributed by atoms with Crippen molar-refractivity contribution >= 4 is 17.4 Å². The number of para-hydroxylation sites is 1. The number of Topliss-reactive ketones (excluding diaryl/α,β-unsaturated/α-hetero) is 1. The monoisotopic (exact) mass is 424 g/mol. The zero-order chi connectivity index (χ0) is 21.4. The first-order chi connectivity index (χ1) is 15.1. The summed E-state index contributed by atoms with van der Waals surface area (Å²) >= 11 is 0. The number of ketones is 1. The molecule has 8 nitrogen and oxygen atoms in total. The second-order valence-corrected chi connectivity index (χ2v) is 7.94. The maximum Gasteiger partial charge on any atom is 0.265 e. The molecule has 1 N–H and O–H groups in total. The van der Waals surface area contributed by atoms with E-state index in [1.165, 1.54) is 0 Å². The summed E-state index contributed by atoms with van der Waals surface area (Å²) in [4.78, 5) is 30.1. The fourth-order valence-electron chi connectivity index (χ4n) is 4.31. The minimum atomic E-state index is -1.91. The first-order valence-corrected chi connectivity index (χ1v) is 10.4. The molecule has 5 rings (SSSR count). The summed E-state index contributed by atoms with van der Waals surface area (Å²) in [5.74, 6) is 0.263. The summed E-state index contributed by atoms with van der Waals surface area (Å²) < 4.78 is 16.4. The molecule has 0 unspecified atom stereocenters. The van der Waals surface area contributed by atoms with E-state index in [9.17, 15) is 14.7 Å². The average Bonchev–Trinajstić information content (AvgIpc) is 3.01. The summed E-state index contributed by atoms with van der Waals surface area (Å²) in [5.41, 5.74) is -0.446. The number of anilines is 1. The van der Waals surface area contributed by atoms with Crippen LogP contribution in [0.5, 0.6) is 11.5 Å². The van der Waals surface area contributed by atoms with Gasteiger partial charge in [0.2, 0.25) is 0 Å². The van der Waals surface area contributed by atoms with Crippen molar-refractivity contribution < 1.29 is 28.9 Å². The summed E-state index contributed by atoms with van der Waals surface area (Å²) in [5, 5.41) is 11.5. The van der Waals surface area contributed by atoms with Gasteiger partial charge in [-0.2, -0.15) is 0 Å². The Kier molecular flexibility index (Phi) is 5.13. The average molecular weight is 424 g/mol. The molecule has 3 aliphatic rings. The summed E-state index contributed by atoms with van der Waals surface area (Å²) in [6.45, 7) is 3.86. The maximum atomic E-state index is 13.4. The van der Waals surface area contributed by atoms with Gasteiger partial charge < -0.3 is 19.3 Å². The third-order valence-electron chi connectivity index (χ3n) is 5.97. The van der Waals surface area contributed by atoms with Crippen molar-refractivity contribution in [1.82, 2.24) is 4.90 Å². The SMILES string of the molecule is O=C(C[C@@]1(O)C(=O)N(CN2CCOCC2)c2ccccc21)c1ccc2c(c1)OCCO2. The first-order valence-electron chi connectivity index (χ1n) is 10.4. The minimum Gasteiger partial charge on any atom is -0.486 e. The molecule has 2 aromatic carbocycles. The zero-order valence-corrected chi connectivity index (χ0v) is 17.1. The highest BCUT2D eigenvalue weighted by atomic mass is 16.6. The van der Waals surface area contributed by atoms with Crippen LogP contribution in [0.15, 0.2) is 42.5 Å². The summed E-state index contributed by atoms with van der Waals surface area (Å²) in [6.07, 6.45) is -0.345. The number of ether oxygens (including phenoxy) is 3. The smallest absolute Gasteiger partial charge is 0.265 e. The van der Waals surface area contributed by atoms with E-state index in [1.54, 1.807) is 41.3 Å². The van der Waals surface area contributed by atoms with Crippen LogP contribution in [0.4, 0.5) is 5.69 Å². The lowest BCUT2D eigenvalue weighted by atomic mass is 9.88. The number of hydrogen-bond acceptors (Lipinski definition) is 7. The standard InChI is InChI=1S/C23H24N2O6/c26-19(16-5-6-20-21(13-16)31-12-11-30-20)14-23(28)17-3-1-2-4-18(17)25(22(23)27)15-24-7-9-29-10-8-24/h1-6,13,28H,7-12,14-15H2/t23-/m0/s1. The Morgan fingerprint density at radius 1 is 1.00 bits per heavy atom. The normalized spacial score (nSPS) is 23.0. The Labute approximate surface area is 179 Å². The van der Waals surface area contributed by atoms with E-state index >= 15 is 0 Å². The van der Waals surface area contributed by atoms with Gasteiger partial charge >= 0.3 is 0 Å². The molecule has 3 heterocycles. The molecule has 0 aliphatic carbocycles. The first kappa shape index (κ1) is 20.0. The minimum absolute atomic E-state index is 0.337. The molecule has 162 valence electrons. The Morgan fingerprint density at radius 3 is 2.55 bits per heavy atom. The van der Waals surface area contributed by atoms with Crippen molar-refractivity contribution in [2.75, 3.05) is 51.1 Å². The number of carbonyl (C=O) groups excluding carboxylic acids is 2. The topological polar surface area (TPSA) is 88.5 Å². The van der Waals surface area contributed by atoms with E-state index in [2.05, 4.69) is 4.90 Å². The molecule has 0 radical (unpaired) electrons. The molecule has 2 aromatic rings. The van der Waals surface area contributed by atoms with Gasteiger partial charge in [0.25, 0.3) is 5.91 Å². The van der Waals surface area contributed by atoms with Crippen LogP contribution in [-0.4, -0.2) is 67.9 Å². The second-order valence-electron chi connectivity index (χ2n) is 7.94. The number of benzene rings is 2. The van der Waals surface area contributed by atoms with Crippen molar-refractivity contribution in [1.29, 1.82) is 0 Å². The number of fused-ring (bicyclic) bond motifs is 2. The molecule has 8 heteroatoms. The lowest BCUT2D eigenvalue weighted by Gasteiger charge is -2.31. The highest BCUT2D eigenvalue weighted by Gasteiger charge is 2.51. The largest absolute Gasteiger partial charge is 0.486 e. The van der Waals surface area contributed by atoms with E-state index in [1.807, 2.05) is 6.07 Å². The fraction of sp³-hybridized carbons (Fsp3) is 0.391. The van der Waals surface area contributed by atoms with Gasteiger partial charge in [-0.15, -0.1) is 0 Å². The molecular weight excluding hydrogens is 400 g/mol. The van der Waals surface area contributed by atoms with Crippen molar-refractivity contribution in [3.63, 3.8) is 0 Å². The number of rotatable bonds is 5. The van der Waals surface area contributed by atoms with Crippen LogP contribution in [0, 0.1) is 0 Å². The third-order valence-corrected chi connectivity index (χ3v) is 5.97. The zero-order valence-electron chi connectivity index (χ0n) is 17.1. The molecule has 1 fully saturated rings. The highest BCUT2D eigenvalue weighted by Crippen LogP contribution is 2.43. The third kappa shape index (κ3) is 3.56. The van der Waals surface area contributed by atoms with Crippen LogP contribution in [0.25, 0.3) is 0 Å². The molecule has 0 spiro atoms. The van der Waals surface area contributed by atoms with E-state index in [0.717, 1.165) is 0 Å². The number of nitrogens with zero attached hydrogens (tertiary/aromatic N) is 2. The van der Waals surface area contributed by atoms with Crippen LogP contribution in [-0.2, 0) is 15.1 Å². The molecule has 0 bridgehead atoms. The number of hydrogen-bond donors (Lipinski definition) is 1. The number of aliphatic hydroxyl groups is 1. The number of morpholine rings is 1. The predicted octanol–water partition coefficient (Wildman–Crippen LogP) is 1.55. The highest BCUT2D eigenvalue weighted by molar-refractivity contribution is 6.10. The molecule has 0 saturated carbocycles. The summed E-state index contributed by atoms with van der Waals surface area (Å²) in [7, 11) is 0. The lowest BCUT2D eigenvalue weighted by Crippen LogP contribution is -2.49. The Balaban J connectivity index is 1.41. The van der Waals surface area contributed by atoms with Crippen LogP contribution in [0.1, 0.15) is 22.3 Å². The molecule has 0 aromatic heterocycles. The van der Waals surface area contributed by atoms with Gasteiger partial charge in [-0.05, 0) is 24.3 Å². The van der Waals surface area contributed by atoms with Gasteiger partial charge in [0.15, 0.2) is 22.9 Å². The van der Waals surface area contributed by atoms with Gasteiger partial charge in [-0.1, -0.05) is 18.2 Å². The molecule has 1 amide bonds. The number of amides is 1. The number of carbonyl (C=O) groups is 2. The second kappa shape index (κ2) is 7.96. The van der Waals surface area contributed by atoms with Gasteiger partial charge in [0.1, 0.15) is 13.2 Å². The fourth-order valence-corrected chi connectivity index (χ4v) is 4.31. The molecule has 1 atom stereocenters. The Bertz CT molecular complexity index is 1020. The molecule has 31 heavy (non-hydrogen) atoms. The Hall–Kier alpha value is -2.94. The van der Waals surface area contributed by atoms with Gasteiger partial charge in [0.05, 0.1) is 32.0 Å². The van der Waals surface area contributed by atoms with Crippen LogP contribution >= 0.6 is 0 Å². The maximum absolute atomic E-state index is 13.4. The van der Waals surface area contributed by atoms with E-state index in [4.69, 9.17) is 14.2 Å². The summed E-state index contributed by atoms with van der Waals surface area (Å²) in [6, 6.07) is 12.0. The van der Waals surface area contributed by atoms with Crippen LogP contribution < -0.4 is 14.4 Å². The molecular formula is C23H24N2O6. The van der Waals surface area contributed by atoms with Crippen molar-refractivity contribution in [2.24, 2.45) is 0 Å². The van der Waals surface area contributed by atoms with Gasteiger partial charge in [0, 0.05) is 24.2 Å². The Morgan fingerprint density at radius 2 is 1.74 bits per heavy atom. The van der Waals surface area contributed by atoms with Crippen molar-refractivity contribution in [3.8, 4) is 11.5 Å². The quantitative estimate of drug-likeness (QED) is 0.729. The van der Waals surface area contributed by atoms with Crippen LogP contribution in [0.2, 0.25) is 0 Å². The van der Waals surface area contributed by atoms with Crippen LogP contribution in [0.3, 0.4) is 0 Å². The van der Waals surface area contributed by atoms with Crippen molar-refractivity contribution in [2.45, 2.75) is 12.0 Å². The van der Waals surface area contributed by atoms with E-state index < -0.39 is 11.5 Å². The van der Waals surface area contributed by atoms with Gasteiger partial charge in [-0.25, -0.2) is 0 Å². The van der Waals surface area contributed by atoms with Gasteiger partial charge in [-0.3, -0.25) is 19.4 Å².